The van der Waals surface area contributed by atoms with E-state index in [-0.39, 0.29) is 12.2 Å². The molecule has 1 atom stereocenters. The minimum atomic E-state index is -0.543. The summed E-state index contributed by atoms with van der Waals surface area (Å²) in [6, 6.07) is 11.4. The van der Waals surface area contributed by atoms with Gasteiger partial charge in [-0.15, -0.1) is 0 Å². The van der Waals surface area contributed by atoms with Crippen LogP contribution in [0, 0.1) is 6.92 Å². The van der Waals surface area contributed by atoms with Crippen molar-refractivity contribution in [1.29, 1.82) is 0 Å². The molecule has 6 heteroatoms. The Morgan fingerprint density at radius 3 is 2.79 bits per heavy atom. The van der Waals surface area contributed by atoms with E-state index in [2.05, 4.69) is 4.98 Å². The summed E-state index contributed by atoms with van der Waals surface area (Å²) in [5.41, 5.74) is 5.83. The number of pyridine rings is 2. The molecule has 0 radical (unpaired) electrons. The molecule has 2 aromatic carbocycles. The average Bonchev–Trinajstić information content (AvgIpc) is 2.77. The minimum absolute atomic E-state index is 0.159. The fourth-order valence-electron chi connectivity index (χ4n) is 4.88. The molecular formula is C27H28N2O4. The number of rotatable bonds is 4. The highest BCUT2D eigenvalue weighted by Crippen LogP contribution is 2.44. The third-order valence-electron chi connectivity index (χ3n) is 6.10. The first kappa shape index (κ1) is 21.6. The molecule has 2 N–H and O–H groups in total. The van der Waals surface area contributed by atoms with E-state index in [0.29, 0.717) is 6.61 Å². The second kappa shape index (κ2) is 7.97. The summed E-state index contributed by atoms with van der Waals surface area (Å²) in [6.45, 7) is 8.40. The zero-order valence-corrected chi connectivity index (χ0v) is 19.4. The molecule has 0 fully saturated rings. The van der Waals surface area contributed by atoms with Crippen molar-refractivity contribution in [2.24, 2.45) is 0 Å². The van der Waals surface area contributed by atoms with Crippen molar-refractivity contribution >= 4 is 21.8 Å². The van der Waals surface area contributed by atoms with E-state index in [1.807, 2.05) is 64.2 Å². The Labute approximate surface area is 192 Å². The van der Waals surface area contributed by atoms with Gasteiger partial charge in [0.2, 0.25) is 5.56 Å². The number of aromatic nitrogens is 2. The number of hydrogen-bond acceptors (Lipinski definition) is 5. The lowest BCUT2D eigenvalue weighted by Crippen LogP contribution is -2.25. The van der Waals surface area contributed by atoms with E-state index in [9.17, 15) is 9.90 Å². The van der Waals surface area contributed by atoms with Crippen LogP contribution >= 0.6 is 0 Å². The number of benzene rings is 2. The van der Waals surface area contributed by atoms with Gasteiger partial charge in [-0.2, -0.15) is 0 Å². The Bertz CT molecular complexity index is 1420. The second-order valence-corrected chi connectivity index (χ2v) is 9.57. The van der Waals surface area contributed by atoms with Crippen LogP contribution in [0.4, 0.5) is 0 Å². The zero-order chi connectivity index (χ0) is 23.3. The molecule has 0 amide bonds. The van der Waals surface area contributed by atoms with Crippen molar-refractivity contribution in [3.05, 3.63) is 69.6 Å². The molecule has 0 spiro atoms. The summed E-state index contributed by atoms with van der Waals surface area (Å²) in [4.78, 5) is 19.8. The average molecular weight is 445 g/mol. The number of fused-ring (bicyclic) bond motifs is 1. The van der Waals surface area contributed by atoms with E-state index < -0.39 is 11.7 Å². The number of hydrogen-bond donors (Lipinski definition) is 2. The Balaban J connectivity index is 1.90. The van der Waals surface area contributed by atoms with Crippen LogP contribution in [0.1, 0.15) is 43.6 Å². The van der Waals surface area contributed by atoms with Crippen LogP contribution in [0.25, 0.3) is 32.9 Å². The molecule has 0 saturated carbocycles. The van der Waals surface area contributed by atoms with Crippen LogP contribution < -0.4 is 10.3 Å². The zero-order valence-electron chi connectivity index (χ0n) is 19.4. The lowest BCUT2D eigenvalue weighted by Gasteiger charge is -2.30. The van der Waals surface area contributed by atoms with Crippen molar-refractivity contribution in [2.45, 2.75) is 45.8 Å². The van der Waals surface area contributed by atoms with Gasteiger partial charge in [0.15, 0.2) is 0 Å². The maximum absolute atomic E-state index is 12.1. The van der Waals surface area contributed by atoms with Gasteiger partial charge in [0.25, 0.3) is 0 Å². The van der Waals surface area contributed by atoms with Crippen LogP contribution in [0.3, 0.4) is 0 Å². The van der Waals surface area contributed by atoms with Gasteiger partial charge in [0, 0.05) is 40.5 Å². The maximum atomic E-state index is 12.1. The topological polar surface area (TPSA) is 84.4 Å². The third kappa shape index (κ3) is 3.79. The molecule has 1 aliphatic rings. The van der Waals surface area contributed by atoms with Crippen molar-refractivity contribution in [3.8, 4) is 16.9 Å². The highest BCUT2D eigenvalue weighted by molar-refractivity contribution is 6.07. The first-order chi connectivity index (χ1) is 15.8. The fourth-order valence-corrected chi connectivity index (χ4v) is 4.88. The Kier molecular flexibility index (Phi) is 5.22. The molecule has 0 saturated heterocycles. The molecule has 33 heavy (non-hydrogen) atoms. The van der Waals surface area contributed by atoms with Gasteiger partial charge in [-0.05, 0) is 80.3 Å². The Morgan fingerprint density at radius 2 is 2.03 bits per heavy atom. The van der Waals surface area contributed by atoms with Gasteiger partial charge in [-0.1, -0.05) is 0 Å². The SMILES string of the molecule is Cc1cc2[nH]c(=O)ccc2c(-c2ccc3c4c(ccnc24)CCO3)c1C(CO)OC(C)(C)C. The van der Waals surface area contributed by atoms with E-state index >= 15 is 0 Å². The largest absolute Gasteiger partial charge is 0.493 e. The number of aliphatic hydroxyl groups is 1. The van der Waals surface area contributed by atoms with Crippen molar-refractivity contribution in [3.63, 3.8) is 0 Å². The van der Waals surface area contributed by atoms with Crippen LogP contribution in [0.15, 0.2) is 47.4 Å². The number of aromatic amines is 1. The van der Waals surface area contributed by atoms with Crippen LogP contribution in [-0.2, 0) is 11.2 Å². The van der Waals surface area contributed by atoms with Crippen molar-refractivity contribution < 1.29 is 14.6 Å². The lowest BCUT2D eigenvalue weighted by atomic mass is 9.87. The Hall–Kier alpha value is -3.22. The van der Waals surface area contributed by atoms with Gasteiger partial charge in [0.05, 0.1) is 24.3 Å². The number of aliphatic hydroxyl groups excluding tert-OH is 1. The molecule has 170 valence electrons. The van der Waals surface area contributed by atoms with Gasteiger partial charge >= 0.3 is 0 Å². The van der Waals surface area contributed by atoms with Crippen molar-refractivity contribution in [2.75, 3.05) is 13.2 Å². The highest BCUT2D eigenvalue weighted by Gasteiger charge is 2.28. The van der Waals surface area contributed by atoms with Crippen LogP contribution in [0.5, 0.6) is 5.75 Å². The number of nitrogens with one attached hydrogen (secondary N) is 1. The number of ether oxygens (including phenoxy) is 2. The van der Waals surface area contributed by atoms with E-state index in [1.165, 1.54) is 11.6 Å². The maximum Gasteiger partial charge on any atom is 0.248 e. The first-order valence-corrected chi connectivity index (χ1v) is 11.3. The molecule has 1 aliphatic heterocycles. The van der Waals surface area contributed by atoms with Crippen LogP contribution in [-0.4, -0.2) is 33.9 Å². The quantitative estimate of drug-likeness (QED) is 0.471. The molecule has 2 aromatic heterocycles. The summed E-state index contributed by atoms with van der Waals surface area (Å²) in [5, 5.41) is 12.3. The second-order valence-electron chi connectivity index (χ2n) is 9.57. The highest BCUT2D eigenvalue weighted by atomic mass is 16.5. The monoisotopic (exact) mass is 444 g/mol. The predicted molar refractivity (Wildman–Crippen MR) is 130 cm³/mol. The summed E-state index contributed by atoms with van der Waals surface area (Å²) in [7, 11) is 0. The molecule has 5 rings (SSSR count). The number of H-pyrrole nitrogens is 1. The summed E-state index contributed by atoms with van der Waals surface area (Å²) in [6.07, 6.45) is 2.13. The van der Waals surface area contributed by atoms with Crippen LogP contribution in [0.2, 0.25) is 0 Å². The predicted octanol–water partition coefficient (Wildman–Crippen LogP) is 4.84. The summed E-state index contributed by atoms with van der Waals surface area (Å²) < 4.78 is 12.2. The smallest absolute Gasteiger partial charge is 0.248 e. The molecular weight excluding hydrogens is 416 g/mol. The molecule has 6 nitrogen and oxygen atoms in total. The molecule has 3 heterocycles. The summed E-state index contributed by atoms with van der Waals surface area (Å²) >= 11 is 0. The minimum Gasteiger partial charge on any atom is -0.493 e. The van der Waals surface area contributed by atoms with Gasteiger partial charge in [0.1, 0.15) is 11.9 Å². The lowest BCUT2D eigenvalue weighted by molar-refractivity contribution is -0.0821. The van der Waals surface area contributed by atoms with Gasteiger partial charge < -0.3 is 19.6 Å². The normalized spacial score (nSPS) is 14.5. The number of aryl methyl sites for hydroxylation is 1. The molecule has 4 aromatic rings. The van der Waals surface area contributed by atoms with Crippen molar-refractivity contribution in [1.82, 2.24) is 9.97 Å². The fraction of sp³-hybridized carbons (Fsp3) is 0.333. The van der Waals surface area contributed by atoms with E-state index in [1.54, 1.807) is 0 Å². The summed E-state index contributed by atoms with van der Waals surface area (Å²) in [5.74, 6) is 0.833. The Morgan fingerprint density at radius 1 is 1.21 bits per heavy atom. The number of nitrogens with zero attached hydrogens (tertiary/aromatic N) is 1. The van der Waals surface area contributed by atoms with E-state index in [0.717, 1.165) is 56.2 Å². The van der Waals surface area contributed by atoms with Gasteiger partial charge in [-0.3, -0.25) is 9.78 Å². The third-order valence-corrected chi connectivity index (χ3v) is 6.10. The standard InChI is InChI=1S/C27H28N2O4/c1-15-13-19-17(6-8-22(31)29-19)25(23(15)21(14-30)33-27(2,3)4)18-5-7-20-24-16(10-12-32-20)9-11-28-26(18)24/h5-9,11,13,21,30H,10,12,14H2,1-4H3,(H,29,31). The molecule has 1 unspecified atom stereocenters. The molecule has 0 bridgehead atoms. The van der Waals surface area contributed by atoms with Gasteiger partial charge in [-0.25, -0.2) is 0 Å². The van der Waals surface area contributed by atoms with E-state index in [4.69, 9.17) is 14.5 Å². The first-order valence-electron chi connectivity index (χ1n) is 11.3. The molecule has 0 aliphatic carbocycles.